The SMILES string of the molecule is COC(=O)c1c(NC(=O)CN2C(=O)NC(C)(c3ccc(F)c(F)c3)C2=O)sc2c1CCCC2. The van der Waals surface area contributed by atoms with Gasteiger partial charge in [0.1, 0.15) is 17.1 Å². The summed E-state index contributed by atoms with van der Waals surface area (Å²) in [6.45, 7) is 0.730. The number of nitrogens with zero attached hydrogens (tertiary/aromatic N) is 1. The lowest BCUT2D eigenvalue weighted by atomic mass is 9.92. The zero-order chi connectivity index (χ0) is 23.9. The molecule has 4 rings (SSSR count). The third-order valence-electron chi connectivity index (χ3n) is 5.89. The fourth-order valence-electron chi connectivity index (χ4n) is 4.13. The third-order valence-corrected chi connectivity index (χ3v) is 7.09. The summed E-state index contributed by atoms with van der Waals surface area (Å²) >= 11 is 1.28. The summed E-state index contributed by atoms with van der Waals surface area (Å²) in [7, 11) is 1.26. The number of methoxy groups -OCH3 is 1. The first-order chi connectivity index (χ1) is 15.7. The highest BCUT2D eigenvalue weighted by atomic mass is 32.1. The number of thiophene rings is 1. The predicted octanol–water partition coefficient (Wildman–Crippen LogP) is 3.10. The van der Waals surface area contributed by atoms with Gasteiger partial charge in [0.25, 0.3) is 5.91 Å². The normalized spacial score (nSPS) is 19.8. The number of rotatable bonds is 5. The molecule has 2 N–H and O–H groups in total. The van der Waals surface area contributed by atoms with E-state index in [1.165, 1.54) is 31.4 Å². The van der Waals surface area contributed by atoms with Gasteiger partial charge in [0, 0.05) is 4.88 Å². The van der Waals surface area contributed by atoms with Crippen LogP contribution in [0.2, 0.25) is 0 Å². The number of carbonyl (C=O) groups is 4. The quantitative estimate of drug-likeness (QED) is 0.509. The van der Waals surface area contributed by atoms with Crippen molar-refractivity contribution in [3.8, 4) is 0 Å². The second kappa shape index (κ2) is 8.54. The Morgan fingerprint density at radius 1 is 1.21 bits per heavy atom. The minimum atomic E-state index is -1.66. The van der Waals surface area contributed by atoms with Gasteiger partial charge in [0.2, 0.25) is 5.91 Å². The number of ether oxygens (including phenoxy) is 1. The van der Waals surface area contributed by atoms with Crippen molar-refractivity contribution in [1.82, 2.24) is 10.2 Å². The van der Waals surface area contributed by atoms with Crippen molar-refractivity contribution in [2.24, 2.45) is 0 Å². The number of urea groups is 1. The number of halogens is 2. The molecular weight excluding hydrogens is 456 g/mol. The van der Waals surface area contributed by atoms with Crippen molar-refractivity contribution in [3.05, 3.63) is 51.4 Å². The number of hydrogen-bond acceptors (Lipinski definition) is 6. The summed E-state index contributed by atoms with van der Waals surface area (Å²) < 4.78 is 31.9. The summed E-state index contributed by atoms with van der Waals surface area (Å²) in [6.07, 6.45) is 3.39. The highest BCUT2D eigenvalue weighted by Crippen LogP contribution is 2.38. The van der Waals surface area contributed by atoms with Crippen LogP contribution in [-0.4, -0.2) is 42.4 Å². The van der Waals surface area contributed by atoms with E-state index in [0.717, 1.165) is 41.8 Å². The van der Waals surface area contributed by atoms with Gasteiger partial charge in [0.05, 0.1) is 12.7 Å². The minimum Gasteiger partial charge on any atom is -0.465 e. The molecule has 1 aliphatic carbocycles. The van der Waals surface area contributed by atoms with Crippen molar-refractivity contribution in [2.75, 3.05) is 19.0 Å². The Labute approximate surface area is 191 Å². The lowest BCUT2D eigenvalue weighted by molar-refractivity contribution is -0.133. The lowest BCUT2D eigenvalue weighted by Crippen LogP contribution is -2.42. The van der Waals surface area contributed by atoms with Crippen LogP contribution < -0.4 is 10.6 Å². The van der Waals surface area contributed by atoms with Crippen LogP contribution in [0.25, 0.3) is 0 Å². The Hall–Kier alpha value is -3.34. The molecule has 174 valence electrons. The van der Waals surface area contributed by atoms with Crippen molar-refractivity contribution in [3.63, 3.8) is 0 Å². The topological polar surface area (TPSA) is 105 Å². The van der Waals surface area contributed by atoms with Crippen LogP contribution in [0.4, 0.5) is 18.6 Å². The molecule has 4 amide bonds. The maximum absolute atomic E-state index is 13.7. The zero-order valence-electron chi connectivity index (χ0n) is 17.9. The van der Waals surface area contributed by atoms with E-state index in [1.807, 2.05) is 0 Å². The molecule has 0 saturated carbocycles. The Balaban J connectivity index is 1.54. The van der Waals surface area contributed by atoms with E-state index >= 15 is 0 Å². The van der Waals surface area contributed by atoms with Crippen LogP contribution in [-0.2, 0) is 32.7 Å². The first-order valence-electron chi connectivity index (χ1n) is 10.3. The number of imide groups is 1. The summed E-state index contributed by atoms with van der Waals surface area (Å²) in [6, 6.07) is 2.04. The lowest BCUT2D eigenvalue weighted by Gasteiger charge is -2.22. The standard InChI is InChI=1S/C22H21F2N3O5S/c1-22(11-7-8-13(23)14(24)9-11)20(30)27(21(31)26-22)10-16(28)25-18-17(19(29)32-2)12-5-3-4-6-15(12)33-18/h7-9H,3-6,10H2,1-2H3,(H,25,28)(H,26,31). The molecule has 2 aliphatic rings. The number of amides is 4. The fourth-order valence-corrected chi connectivity index (χ4v) is 5.42. The second-order valence-corrected chi connectivity index (χ2v) is 9.14. The van der Waals surface area contributed by atoms with Gasteiger partial charge in [-0.25, -0.2) is 18.4 Å². The van der Waals surface area contributed by atoms with Crippen LogP contribution >= 0.6 is 11.3 Å². The van der Waals surface area contributed by atoms with Gasteiger partial charge >= 0.3 is 12.0 Å². The maximum Gasteiger partial charge on any atom is 0.341 e. The summed E-state index contributed by atoms with van der Waals surface area (Å²) in [5.41, 5.74) is -0.462. The molecule has 1 saturated heterocycles. The van der Waals surface area contributed by atoms with Crippen LogP contribution in [0.3, 0.4) is 0 Å². The smallest absolute Gasteiger partial charge is 0.341 e. The molecular formula is C22H21F2N3O5S. The first-order valence-corrected chi connectivity index (χ1v) is 11.1. The van der Waals surface area contributed by atoms with Gasteiger partial charge in [-0.2, -0.15) is 0 Å². The second-order valence-electron chi connectivity index (χ2n) is 8.03. The molecule has 1 unspecified atom stereocenters. The average molecular weight is 477 g/mol. The van der Waals surface area contributed by atoms with E-state index in [-0.39, 0.29) is 5.56 Å². The molecule has 0 bridgehead atoms. The molecule has 2 aromatic rings. The summed E-state index contributed by atoms with van der Waals surface area (Å²) in [5.74, 6) is -4.28. The Morgan fingerprint density at radius 3 is 2.64 bits per heavy atom. The monoisotopic (exact) mass is 477 g/mol. The number of nitrogens with one attached hydrogen (secondary N) is 2. The van der Waals surface area contributed by atoms with E-state index in [4.69, 9.17) is 4.74 Å². The number of anilines is 1. The average Bonchev–Trinajstić information content (AvgIpc) is 3.25. The third kappa shape index (κ3) is 3.97. The Kier molecular flexibility index (Phi) is 5.91. The van der Waals surface area contributed by atoms with Gasteiger partial charge < -0.3 is 15.4 Å². The molecule has 0 radical (unpaired) electrons. The maximum atomic E-state index is 13.7. The molecule has 1 aromatic heterocycles. The number of benzene rings is 1. The highest BCUT2D eigenvalue weighted by molar-refractivity contribution is 7.17. The van der Waals surface area contributed by atoms with Crippen molar-refractivity contribution in [1.29, 1.82) is 0 Å². The van der Waals surface area contributed by atoms with E-state index in [0.29, 0.717) is 21.9 Å². The van der Waals surface area contributed by atoms with Crippen molar-refractivity contribution in [2.45, 2.75) is 38.1 Å². The first kappa shape index (κ1) is 22.8. The number of fused-ring (bicyclic) bond motifs is 1. The van der Waals surface area contributed by atoms with Gasteiger partial charge in [-0.3, -0.25) is 14.5 Å². The fraction of sp³-hybridized carbons (Fsp3) is 0.364. The zero-order valence-corrected chi connectivity index (χ0v) is 18.7. The number of aryl methyl sites for hydroxylation is 1. The van der Waals surface area contributed by atoms with Crippen LogP contribution in [0, 0.1) is 11.6 Å². The van der Waals surface area contributed by atoms with Crippen molar-refractivity contribution >= 4 is 40.2 Å². The van der Waals surface area contributed by atoms with Crippen LogP contribution in [0.5, 0.6) is 0 Å². The molecule has 1 aromatic carbocycles. The van der Waals surface area contributed by atoms with Gasteiger partial charge in [-0.15, -0.1) is 11.3 Å². The summed E-state index contributed by atoms with van der Waals surface area (Å²) in [4.78, 5) is 52.2. The number of hydrogen-bond donors (Lipinski definition) is 2. The Bertz CT molecular complexity index is 1180. The van der Waals surface area contributed by atoms with Crippen molar-refractivity contribution < 1.29 is 32.7 Å². The van der Waals surface area contributed by atoms with Gasteiger partial charge in [-0.1, -0.05) is 6.07 Å². The molecule has 0 spiro atoms. The van der Waals surface area contributed by atoms with Gasteiger partial charge in [0.15, 0.2) is 11.6 Å². The highest BCUT2D eigenvalue weighted by Gasteiger charge is 2.49. The predicted molar refractivity (Wildman–Crippen MR) is 115 cm³/mol. The van der Waals surface area contributed by atoms with E-state index in [1.54, 1.807) is 0 Å². The van der Waals surface area contributed by atoms with Crippen LogP contribution in [0.1, 0.15) is 46.1 Å². The summed E-state index contributed by atoms with van der Waals surface area (Å²) in [5, 5.41) is 5.38. The molecule has 2 heterocycles. The van der Waals surface area contributed by atoms with Gasteiger partial charge in [-0.05, 0) is 55.9 Å². The molecule has 11 heteroatoms. The molecule has 33 heavy (non-hydrogen) atoms. The van der Waals surface area contributed by atoms with E-state index < -0.39 is 47.5 Å². The van der Waals surface area contributed by atoms with Crippen LogP contribution in [0.15, 0.2) is 18.2 Å². The molecule has 1 fully saturated rings. The van der Waals surface area contributed by atoms with E-state index in [2.05, 4.69) is 10.6 Å². The molecule has 8 nitrogen and oxygen atoms in total. The largest absolute Gasteiger partial charge is 0.465 e. The minimum absolute atomic E-state index is 0.0431. The number of esters is 1. The molecule has 1 atom stereocenters. The van der Waals surface area contributed by atoms with E-state index in [9.17, 15) is 28.0 Å². The molecule has 1 aliphatic heterocycles. The number of carbonyl (C=O) groups excluding carboxylic acids is 4. The Morgan fingerprint density at radius 2 is 1.94 bits per heavy atom.